The lowest BCUT2D eigenvalue weighted by molar-refractivity contribution is -0.139. The predicted octanol–water partition coefficient (Wildman–Crippen LogP) is 11.8. The van der Waals surface area contributed by atoms with E-state index in [0.717, 1.165) is 24.3 Å². The van der Waals surface area contributed by atoms with Crippen LogP contribution in [0.25, 0.3) is 0 Å². The van der Waals surface area contributed by atoms with Gasteiger partial charge in [-0.15, -0.1) is 0 Å². The van der Waals surface area contributed by atoms with Gasteiger partial charge in [0, 0.05) is 5.57 Å². The number of carbonyl (C=O) groups is 1. The Morgan fingerprint density at radius 3 is 1.44 bits per heavy atom. The topological polar surface area (TPSA) is 26.3 Å². The van der Waals surface area contributed by atoms with Crippen LogP contribution < -0.4 is 0 Å². The third-order valence-corrected chi connectivity index (χ3v) is 7.87. The Morgan fingerprint density at radius 1 is 0.583 bits per heavy atom. The number of unbranched alkanes of at least 4 members (excludes halogenated alkanes) is 16. The van der Waals surface area contributed by atoms with Crippen molar-refractivity contribution in [3.8, 4) is 0 Å². The molecule has 0 spiro atoms. The van der Waals surface area contributed by atoms with Gasteiger partial charge in [0.05, 0.1) is 6.61 Å². The van der Waals surface area contributed by atoms with Crippen LogP contribution in [-0.2, 0) is 9.53 Å². The molecule has 0 aliphatic rings. The number of carbonyl (C=O) groups excluding carboxylic acids is 1. The molecule has 0 saturated heterocycles. The molecule has 0 bridgehead atoms. The van der Waals surface area contributed by atoms with Gasteiger partial charge in [0.1, 0.15) is 0 Å². The van der Waals surface area contributed by atoms with Crippen molar-refractivity contribution >= 4 is 5.97 Å². The van der Waals surface area contributed by atoms with Crippen LogP contribution in [0.15, 0.2) is 11.6 Å². The second-order valence-electron chi connectivity index (χ2n) is 11.8. The zero-order chi connectivity index (χ0) is 26.7. The van der Waals surface area contributed by atoms with Crippen LogP contribution in [0.4, 0.5) is 0 Å². The molecule has 2 heteroatoms. The molecule has 0 radical (unpaired) electrons. The van der Waals surface area contributed by atoms with Crippen molar-refractivity contribution < 1.29 is 9.53 Å². The number of hydrogen-bond acceptors (Lipinski definition) is 2. The normalized spacial score (nSPS) is 13.6. The largest absolute Gasteiger partial charge is 0.462 e. The Labute approximate surface area is 227 Å². The minimum atomic E-state index is -0.114. The molecule has 0 aromatic rings. The number of esters is 1. The van der Waals surface area contributed by atoms with Gasteiger partial charge in [-0.05, 0) is 38.0 Å². The minimum absolute atomic E-state index is 0.114. The fourth-order valence-electron chi connectivity index (χ4n) is 5.05. The van der Waals surface area contributed by atoms with Gasteiger partial charge in [0.25, 0.3) is 0 Å². The van der Waals surface area contributed by atoms with Crippen molar-refractivity contribution in [3.05, 3.63) is 11.6 Å². The maximum absolute atomic E-state index is 12.3. The molecular weight excluding hydrogens is 440 g/mol. The van der Waals surface area contributed by atoms with Crippen molar-refractivity contribution in [2.45, 2.75) is 182 Å². The number of ether oxygens (including phenoxy) is 1. The quantitative estimate of drug-likeness (QED) is 0.0629. The van der Waals surface area contributed by atoms with Crippen LogP contribution in [0, 0.1) is 11.8 Å². The van der Waals surface area contributed by atoms with Gasteiger partial charge in [-0.25, -0.2) is 4.79 Å². The van der Waals surface area contributed by atoms with E-state index in [9.17, 15) is 4.79 Å². The first-order valence-corrected chi connectivity index (χ1v) is 16.3. The molecule has 2 atom stereocenters. The molecule has 0 rings (SSSR count). The predicted molar refractivity (Wildman–Crippen MR) is 161 cm³/mol. The average molecular weight is 507 g/mol. The molecule has 0 heterocycles. The summed E-state index contributed by atoms with van der Waals surface area (Å²) in [6.45, 7) is 11.7. The van der Waals surface area contributed by atoms with Gasteiger partial charge in [-0.1, -0.05) is 162 Å². The Balaban J connectivity index is 3.63. The highest BCUT2D eigenvalue weighted by Gasteiger charge is 2.08. The first kappa shape index (κ1) is 35.2. The molecule has 0 saturated carbocycles. The summed E-state index contributed by atoms with van der Waals surface area (Å²) in [4.78, 5) is 12.3. The van der Waals surface area contributed by atoms with Crippen LogP contribution >= 0.6 is 0 Å². The molecule has 0 amide bonds. The summed E-state index contributed by atoms with van der Waals surface area (Å²) < 4.78 is 5.54. The van der Waals surface area contributed by atoms with E-state index in [-0.39, 0.29) is 5.97 Å². The van der Waals surface area contributed by atoms with E-state index >= 15 is 0 Å². The van der Waals surface area contributed by atoms with Crippen LogP contribution in [0.5, 0.6) is 0 Å². The van der Waals surface area contributed by atoms with Crippen LogP contribution in [-0.4, -0.2) is 12.6 Å². The third-order valence-electron chi connectivity index (χ3n) is 7.87. The summed E-state index contributed by atoms with van der Waals surface area (Å²) in [5.41, 5.74) is 0.789. The fourth-order valence-corrected chi connectivity index (χ4v) is 5.05. The highest BCUT2D eigenvalue weighted by Crippen LogP contribution is 2.19. The third kappa shape index (κ3) is 24.9. The van der Waals surface area contributed by atoms with Gasteiger partial charge in [0.2, 0.25) is 0 Å². The first-order valence-electron chi connectivity index (χ1n) is 16.3. The summed E-state index contributed by atoms with van der Waals surface area (Å²) in [5, 5.41) is 0. The second-order valence-corrected chi connectivity index (χ2v) is 11.8. The molecule has 2 nitrogen and oxygen atoms in total. The Hall–Kier alpha value is -0.790. The molecule has 0 aliphatic heterocycles. The summed E-state index contributed by atoms with van der Waals surface area (Å²) >= 11 is 0. The zero-order valence-corrected chi connectivity index (χ0v) is 25.5. The van der Waals surface area contributed by atoms with Crippen LogP contribution in [0.3, 0.4) is 0 Å². The van der Waals surface area contributed by atoms with Crippen molar-refractivity contribution in [1.82, 2.24) is 0 Å². The number of allylic oxidation sites excluding steroid dienone is 1. The average Bonchev–Trinajstić information content (AvgIpc) is 2.87. The molecule has 0 aromatic heterocycles. The van der Waals surface area contributed by atoms with Crippen molar-refractivity contribution in [1.29, 1.82) is 0 Å². The fraction of sp³-hybridized carbons (Fsp3) is 0.912. The van der Waals surface area contributed by atoms with E-state index in [1.807, 2.05) is 6.92 Å². The molecule has 214 valence electrons. The Morgan fingerprint density at radius 2 is 0.972 bits per heavy atom. The minimum Gasteiger partial charge on any atom is -0.462 e. The lowest BCUT2D eigenvalue weighted by atomic mass is 9.96. The van der Waals surface area contributed by atoms with Gasteiger partial charge in [-0.3, -0.25) is 0 Å². The summed E-state index contributed by atoms with van der Waals surface area (Å²) in [6, 6.07) is 0. The molecule has 0 aliphatic carbocycles. The van der Waals surface area contributed by atoms with E-state index in [4.69, 9.17) is 4.74 Å². The maximum Gasteiger partial charge on any atom is 0.333 e. The molecule has 0 fully saturated rings. The first-order chi connectivity index (χ1) is 17.5. The van der Waals surface area contributed by atoms with Crippen molar-refractivity contribution in [2.75, 3.05) is 6.61 Å². The Kier molecular flexibility index (Phi) is 26.7. The van der Waals surface area contributed by atoms with E-state index < -0.39 is 0 Å². The highest BCUT2D eigenvalue weighted by molar-refractivity contribution is 5.87. The van der Waals surface area contributed by atoms with E-state index in [2.05, 4.69) is 33.8 Å². The SMILES string of the molecule is CCCCCCCCCCCC(C)CCOC(=O)C(C)=CCCCC(C)CCCCCCCCCC. The van der Waals surface area contributed by atoms with E-state index in [0.29, 0.717) is 12.5 Å². The zero-order valence-electron chi connectivity index (χ0n) is 25.5. The Bertz CT molecular complexity index is 495. The lowest BCUT2D eigenvalue weighted by Crippen LogP contribution is -2.09. The lowest BCUT2D eigenvalue weighted by Gasteiger charge is -2.12. The summed E-state index contributed by atoms with van der Waals surface area (Å²) in [6.07, 6.45) is 32.8. The summed E-state index contributed by atoms with van der Waals surface area (Å²) in [5.74, 6) is 1.34. The maximum atomic E-state index is 12.3. The van der Waals surface area contributed by atoms with Crippen molar-refractivity contribution in [3.63, 3.8) is 0 Å². The molecule has 2 unspecified atom stereocenters. The van der Waals surface area contributed by atoms with Gasteiger partial charge in [-0.2, -0.15) is 0 Å². The standard InChI is InChI=1S/C34H66O2/c1-6-8-10-12-14-16-18-20-22-26-32(4)29-30-36-34(35)33(5)28-24-23-27-31(3)25-21-19-17-15-13-11-9-7-2/h28,31-32H,6-27,29-30H2,1-5H3. The van der Waals surface area contributed by atoms with E-state index in [1.54, 1.807) is 0 Å². The van der Waals surface area contributed by atoms with Gasteiger partial charge < -0.3 is 4.74 Å². The summed E-state index contributed by atoms with van der Waals surface area (Å²) in [7, 11) is 0. The van der Waals surface area contributed by atoms with Crippen LogP contribution in [0.2, 0.25) is 0 Å². The van der Waals surface area contributed by atoms with E-state index in [1.165, 1.54) is 135 Å². The van der Waals surface area contributed by atoms with Crippen molar-refractivity contribution in [2.24, 2.45) is 11.8 Å². The second kappa shape index (κ2) is 27.3. The number of rotatable bonds is 27. The molecule has 0 N–H and O–H groups in total. The monoisotopic (exact) mass is 507 g/mol. The van der Waals surface area contributed by atoms with Crippen LogP contribution in [0.1, 0.15) is 182 Å². The molecular formula is C34H66O2. The van der Waals surface area contributed by atoms with Gasteiger partial charge >= 0.3 is 5.97 Å². The number of hydrogen-bond donors (Lipinski definition) is 0. The highest BCUT2D eigenvalue weighted by atomic mass is 16.5. The van der Waals surface area contributed by atoms with Gasteiger partial charge in [0.15, 0.2) is 0 Å². The smallest absolute Gasteiger partial charge is 0.333 e. The molecule has 0 aromatic carbocycles. The molecule has 36 heavy (non-hydrogen) atoms.